The number of amides is 1. The maximum atomic E-state index is 12.3. The summed E-state index contributed by atoms with van der Waals surface area (Å²) in [5.74, 6) is 0.233. The lowest BCUT2D eigenvalue weighted by Crippen LogP contribution is -2.29. The van der Waals surface area contributed by atoms with E-state index in [1.807, 2.05) is 18.2 Å². The first-order valence-corrected chi connectivity index (χ1v) is 7.61. The van der Waals surface area contributed by atoms with Gasteiger partial charge in [0, 0.05) is 34.7 Å². The molecule has 20 heavy (non-hydrogen) atoms. The summed E-state index contributed by atoms with van der Waals surface area (Å²) in [7, 11) is 0. The highest BCUT2D eigenvalue weighted by molar-refractivity contribution is 9.10. The molecule has 0 spiro atoms. The summed E-state index contributed by atoms with van der Waals surface area (Å²) >= 11 is 3.48. The molecule has 4 nitrogen and oxygen atoms in total. The van der Waals surface area contributed by atoms with E-state index in [-0.39, 0.29) is 12.5 Å². The lowest BCUT2D eigenvalue weighted by molar-refractivity contribution is 0.0945. The minimum absolute atomic E-state index is 0.0838. The minimum atomic E-state index is -0.0838. The molecule has 0 aliphatic heterocycles. The lowest BCUT2D eigenvalue weighted by atomic mass is 10.0. The second-order valence-corrected chi connectivity index (χ2v) is 5.72. The Morgan fingerprint density at radius 2 is 2.30 bits per heavy atom. The van der Waals surface area contributed by atoms with Gasteiger partial charge in [0.05, 0.1) is 5.56 Å². The van der Waals surface area contributed by atoms with Crippen molar-refractivity contribution in [1.82, 2.24) is 10.3 Å². The van der Waals surface area contributed by atoms with Crippen LogP contribution in [0.25, 0.3) is 10.9 Å². The van der Waals surface area contributed by atoms with E-state index in [0.29, 0.717) is 24.4 Å². The zero-order valence-corrected chi connectivity index (χ0v) is 13.0. The van der Waals surface area contributed by atoms with E-state index in [0.717, 1.165) is 21.8 Å². The number of hydrogen-bond acceptors (Lipinski definition) is 2. The summed E-state index contributed by atoms with van der Waals surface area (Å²) in [6.07, 6.45) is 3.39. The van der Waals surface area contributed by atoms with Gasteiger partial charge in [0.2, 0.25) is 0 Å². The van der Waals surface area contributed by atoms with Gasteiger partial charge in [0.1, 0.15) is 0 Å². The monoisotopic (exact) mass is 338 g/mol. The van der Waals surface area contributed by atoms with E-state index < -0.39 is 0 Å². The molecule has 1 aromatic carbocycles. The van der Waals surface area contributed by atoms with Crippen molar-refractivity contribution in [2.75, 3.05) is 13.2 Å². The summed E-state index contributed by atoms with van der Waals surface area (Å²) in [5, 5.41) is 12.8. The normalized spacial score (nSPS) is 12.6. The number of aliphatic hydroxyl groups is 1. The van der Waals surface area contributed by atoms with Crippen LogP contribution >= 0.6 is 15.9 Å². The summed E-state index contributed by atoms with van der Waals surface area (Å²) in [5.41, 5.74) is 1.58. The number of benzene rings is 1. The third-order valence-corrected chi connectivity index (χ3v) is 4.23. The van der Waals surface area contributed by atoms with E-state index in [4.69, 9.17) is 5.11 Å². The van der Waals surface area contributed by atoms with Crippen LogP contribution in [0.2, 0.25) is 0 Å². The lowest BCUT2D eigenvalue weighted by Gasteiger charge is -2.14. The van der Waals surface area contributed by atoms with Crippen molar-refractivity contribution in [3.05, 3.63) is 34.4 Å². The van der Waals surface area contributed by atoms with E-state index >= 15 is 0 Å². The summed E-state index contributed by atoms with van der Waals surface area (Å²) in [6.45, 7) is 2.81. The largest absolute Gasteiger partial charge is 0.396 e. The first kappa shape index (κ1) is 15.1. The van der Waals surface area contributed by atoms with Gasteiger partial charge < -0.3 is 15.4 Å². The third-order valence-electron chi connectivity index (χ3n) is 3.57. The maximum Gasteiger partial charge on any atom is 0.253 e. The number of halogens is 1. The zero-order chi connectivity index (χ0) is 14.5. The number of aliphatic hydroxyl groups excluding tert-OH is 1. The fourth-order valence-electron chi connectivity index (χ4n) is 2.28. The van der Waals surface area contributed by atoms with E-state index in [9.17, 15) is 4.79 Å². The maximum absolute atomic E-state index is 12.3. The van der Waals surface area contributed by atoms with Crippen molar-refractivity contribution in [1.29, 1.82) is 0 Å². The van der Waals surface area contributed by atoms with Gasteiger partial charge >= 0.3 is 0 Å². The Kier molecular flexibility index (Phi) is 5.20. The predicted molar refractivity (Wildman–Crippen MR) is 83.8 cm³/mol. The Balaban J connectivity index is 2.12. The molecule has 3 N–H and O–H groups in total. The van der Waals surface area contributed by atoms with Gasteiger partial charge in [-0.05, 0) is 24.5 Å². The molecule has 1 unspecified atom stereocenters. The predicted octanol–water partition coefficient (Wildman–Crippen LogP) is 3.07. The molecule has 1 amide bonds. The highest BCUT2D eigenvalue weighted by Gasteiger charge is 2.15. The van der Waals surface area contributed by atoms with Gasteiger partial charge in [-0.15, -0.1) is 0 Å². The number of carbonyl (C=O) groups is 1. The summed E-state index contributed by atoms with van der Waals surface area (Å²) < 4.78 is 0.906. The first-order valence-electron chi connectivity index (χ1n) is 6.82. The zero-order valence-electron chi connectivity index (χ0n) is 11.4. The standard InChI is InChI=1S/C15H19BrN2O2/c1-2-10(6-7-19)8-18-15(20)11-9-17-13-5-3-4-12(16)14(11)13/h3-5,9-10,17,19H,2,6-8H2,1H3,(H,18,20). The van der Waals surface area contributed by atoms with Crippen molar-refractivity contribution >= 4 is 32.7 Å². The van der Waals surface area contributed by atoms with Crippen LogP contribution in [-0.2, 0) is 0 Å². The number of hydrogen-bond donors (Lipinski definition) is 3. The highest BCUT2D eigenvalue weighted by Crippen LogP contribution is 2.26. The topological polar surface area (TPSA) is 65.1 Å². The van der Waals surface area contributed by atoms with E-state index in [2.05, 4.69) is 33.2 Å². The Morgan fingerprint density at radius 3 is 3.00 bits per heavy atom. The van der Waals surface area contributed by atoms with Gasteiger partial charge in [-0.1, -0.05) is 35.3 Å². The Labute approximate surface area is 126 Å². The molecule has 0 bridgehead atoms. The average molecular weight is 339 g/mol. The molecule has 0 fully saturated rings. The number of nitrogens with one attached hydrogen (secondary N) is 2. The van der Waals surface area contributed by atoms with Crippen molar-refractivity contribution in [3.63, 3.8) is 0 Å². The first-order chi connectivity index (χ1) is 9.67. The second kappa shape index (κ2) is 6.90. The van der Waals surface area contributed by atoms with Crippen LogP contribution in [0.1, 0.15) is 30.1 Å². The molecular formula is C15H19BrN2O2. The summed E-state index contributed by atoms with van der Waals surface area (Å²) in [6, 6.07) is 5.80. The van der Waals surface area contributed by atoms with Crippen molar-refractivity contribution in [2.24, 2.45) is 5.92 Å². The molecule has 0 saturated heterocycles. The van der Waals surface area contributed by atoms with Crippen LogP contribution in [-0.4, -0.2) is 29.1 Å². The Bertz CT molecular complexity index is 595. The van der Waals surface area contributed by atoms with E-state index in [1.54, 1.807) is 6.20 Å². The SMILES string of the molecule is CCC(CCO)CNC(=O)c1c[nH]c2cccc(Br)c12. The fourth-order valence-corrected chi connectivity index (χ4v) is 2.86. The molecule has 2 aromatic rings. The number of fused-ring (bicyclic) bond motifs is 1. The number of carbonyl (C=O) groups excluding carboxylic acids is 1. The molecule has 1 aromatic heterocycles. The molecule has 0 aliphatic rings. The van der Waals surface area contributed by atoms with E-state index in [1.165, 1.54) is 0 Å². The molecule has 0 aliphatic carbocycles. The molecule has 0 saturated carbocycles. The average Bonchev–Trinajstić information content (AvgIpc) is 2.88. The van der Waals surface area contributed by atoms with Crippen molar-refractivity contribution in [3.8, 4) is 0 Å². The second-order valence-electron chi connectivity index (χ2n) is 4.86. The quantitative estimate of drug-likeness (QED) is 0.757. The molecule has 0 radical (unpaired) electrons. The number of rotatable bonds is 6. The van der Waals surface area contributed by atoms with Crippen LogP contribution in [0.5, 0.6) is 0 Å². The minimum Gasteiger partial charge on any atom is -0.396 e. The fraction of sp³-hybridized carbons (Fsp3) is 0.400. The van der Waals surface area contributed by atoms with Crippen LogP contribution < -0.4 is 5.32 Å². The van der Waals surface area contributed by atoms with Crippen molar-refractivity contribution < 1.29 is 9.90 Å². The Hall–Kier alpha value is -1.33. The Morgan fingerprint density at radius 1 is 1.50 bits per heavy atom. The van der Waals surface area contributed by atoms with Crippen LogP contribution in [0.15, 0.2) is 28.9 Å². The molecule has 108 valence electrons. The smallest absolute Gasteiger partial charge is 0.253 e. The van der Waals surface area contributed by atoms with Crippen LogP contribution in [0, 0.1) is 5.92 Å². The number of aromatic nitrogens is 1. The van der Waals surface area contributed by atoms with Gasteiger partial charge in [-0.2, -0.15) is 0 Å². The van der Waals surface area contributed by atoms with Crippen molar-refractivity contribution in [2.45, 2.75) is 19.8 Å². The molecule has 2 rings (SSSR count). The van der Waals surface area contributed by atoms with Gasteiger partial charge in [-0.3, -0.25) is 4.79 Å². The highest BCUT2D eigenvalue weighted by atomic mass is 79.9. The van der Waals surface area contributed by atoms with Crippen LogP contribution in [0.4, 0.5) is 0 Å². The molecule has 1 atom stereocenters. The number of aromatic amines is 1. The van der Waals surface area contributed by atoms with Gasteiger partial charge in [0.25, 0.3) is 5.91 Å². The molecule has 1 heterocycles. The molecular weight excluding hydrogens is 320 g/mol. The summed E-state index contributed by atoms with van der Waals surface area (Å²) in [4.78, 5) is 15.4. The van der Waals surface area contributed by atoms with Crippen LogP contribution in [0.3, 0.4) is 0 Å². The van der Waals surface area contributed by atoms with Gasteiger partial charge in [-0.25, -0.2) is 0 Å². The van der Waals surface area contributed by atoms with Gasteiger partial charge in [0.15, 0.2) is 0 Å². The third kappa shape index (κ3) is 3.22. The molecule has 5 heteroatoms. The number of H-pyrrole nitrogens is 1.